The van der Waals surface area contributed by atoms with E-state index in [2.05, 4.69) is 10.2 Å². The van der Waals surface area contributed by atoms with Gasteiger partial charge in [-0.3, -0.25) is 0 Å². The first-order chi connectivity index (χ1) is 7.69. The monoisotopic (exact) mass is 256 g/mol. The fraction of sp³-hybridized carbons (Fsp3) is 0.200. The number of hydrogen-bond acceptors (Lipinski definition) is 5. The molecule has 0 spiro atoms. The van der Waals surface area contributed by atoms with Crippen LogP contribution in [-0.4, -0.2) is 15.3 Å². The molecule has 0 saturated heterocycles. The van der Waals surface area contributed by atoms with Crippen LogP contribution in [0.5, 0.6) is 0 Å². The molecule has 4 nitrogen and oxygen atoms in total. The summed E-state index contributed by atoms with van der Waals surface area (Å²) in [6, 6.07) is 5.29. The third-order valence-electron chi connectivity index (χ3n) is 1.90. The van der Waals surface area contributed by atoms with Crippen LogP contribution in [0, 0.1) is 6.92 Å². The molecular formula is C10H9ClN2O2S. The molecule has 0 fully saturated rings. The van der Waals surface area contributed by atoms with Gasteiger partial charge in [0, 0.05) is 16.8 Å². The molecule has 2 aromatic rings. The highest BCUT2D eigenvalue weighted by atomic mass is 35.5. The molecule has 0 unspecified atom stereocenters. The van der Waals surface area contributed by atoms with Crippen molar-refractivity contribution in [3.8, 4) is 0 Å². The zero-order valence-corrected chi connectivity index (χ0v) is 10.0. The lowest BCUT2D eigenvalue weighted by Gasteiger charge is -2.04. The molecular weight excluding hydrogens is 248 g/mol. The molecule has 0 aliphatic carbocycles. The molecule has 1 aromatic carbocycles. The van der Waals surface area contributed by atoms with Crippen molar-refractivity contribution in [3.63, 3.8) is 0 Å². The summed E-state index contributed by atoms with van der Waals surface area (Å²) in [6.07, 6.45) is 0. The summed E-state index contributed by atoms with van der Waals surface area (Å²) in [5.41, 5.74) is 0.744. The van der Waals surface area contributed by atoms with Crippen LogP contribution >= 0.6 is 23.4 Å². The maximum atomic E-state index is 9.19. The smallest absolute Gasteiger partial charge is 0.281 e. The maximum Gasteiger partial charge on any atom is 0.281 e. The van der Waals surface area contributed by atoms with Crippen molar-refractivity contribution in [2.75, 3.05) is 0 Å². The second kappa shape index (κ2) is 4.86. The first kappa shape index (κ1) is 11.4. The predicted molar refractivity (Wildman–Crippen MR) is 60.5 cm³/mol. The van der Waals surface area contributed by atoms with Crippen molar-refractivity contribution in [1.29, 1.82) is 0 Å². The molecule has 0 atom stereocenters. The van der Waals surface area contributed by atoms with Crippen LogP contribution in [-0.2, 0) is 6.61 Å². The molecule has 1 aromatic heterocycles. The number of aliphatic hydroxyl groups excluding tert-OH is 1. The van der Waals surface area contributed by atoms with Gasteiger partial charge in [0.25, 0.3) is 5.22 Å². The molecule has 1 N–H and O–H groups in total. The van der Waals surface area contributed by atoms with Crippen molar-refractivity contribution >= 4 is 23.4 Å². The van der Waals surface area contributed by atoms with Gasteiger partial charge in [0.05, 0.1) is 6.61 Å². The number of rotatable bonds is 3. The maximum absolute atomic E-state index is 9.19. The fourth-order valence-corrected chi connectivity index (χ4v) is 2.20. The normalized spacial score (nSPS) is 10.7. The van der Waals surface area contributed by atoms with Crippen LogP contribution in [0.2, 0.25) is 5.02 Å². The molecule has 0 bridgehead atoms. The average Bonchev–Trinajstić information content (AvgIpc) is 2.67. The van der Waals surface area contributed by atoms with Crippen molar-refractivity contribution < 1.29 is 9.52 Å². The van der Waals surface area contributed by atoms with E-state index in [0.29, 0.717) is 16.1 Å². The Morgan fingerprint density at radius 1 is 1.44 bits per heavy atom. The molecule has 6 heteroatoms. The lowest BCUT2D eigenvalue weighted by molar-refractivity contribution is 0.279. The lowest BCUT2D eigenvalue weighted by Crippen LogP contribution is -1.87. The summed E-state index contributed by atoms with van der Waals surface area (Å²) in [7, 11) is 0. The van der Waals surface area contributed by atoms with E-state index < -0.39 is 0 Å². The summed E-state index contributed by atoms with van der Waals surface area (Å²) in [6.45, 7) is 1.65. The highest BCUT2D eigenvalue weighted by Crippen LogP contribution is 2.31. The highest BCUT2D eigenvalue weighted by molar-refractivity contribution is 7.99. The average molecular weight is 257 g/mol. The zero-order chi connectivity index (χ0) is 11.5. The van der Waals surface area contributed by atoms with Gasteiger partial charge in [-0.25, -0.2) is 0 Å². The van der Waals surface area contributed by atoms with Crippen LogP contribution in [0.3, 0.4) is 0 Å². The van der Waals surface area contributed by atoms with Crippen LogP contribution in [0.15, 0.2) is 32.7 Å². The van der Waals surface area contributed by atoms with Gasteiger partial charge in [0.1, 0.15) is 0 Å². The van der Waals surface area contributed by atoms with Crippen LogP contribution in [0.1, 0.15) is 11.5 Å². The SMILES string of the molecule is Cc1nnc(Sc2ccc(Cl)cc2CO)o1. The molecule has 2 rings (SSSR count). The number of benzene rings is 1. The predicted octanol–water partition coefficient (Wildman–Crippen LogP) is 2.67. The van der Waals surface area contributed by atoms with Gasteiger partial charge in [-0.15, -0.1) is 10.2 Å². The van der Waals surface area contributed by atoms with E-state index >= 15 is 0 Å². The highest BCUT2D eigenvalue weighted by Gasteiger charge is 2.09. The quantitative estimate of drug-likeness (QED) is 0.915. The zero-order valence-electron chi connectivity index (χ0n) is 8.48. The van der Waals surface area contributed by atoms with Crippen molar-refractivity contribution in [2.24, 2.45) is 0 Å². The van der Waals surface area contributed by atoms with Gasteiger partial charge < -0.3 is 9.52 Å². The summed E-state index contributed by atoms with van der Waals surface area (Å²) < 4.78 is 5.24. The van der Waals surface area contributed by atoms with Crippen molar-refractivity contribution in [2.45, 2.75) is 23.6 Å². The number of aryl methyl sites for hydroxylation is 1. The van der Waals surface area contributed by atoms with Crippen LogP contribution < -0.4 is 0 Å². The number of hydrogen-bond donors (Lipinski definition) is 1. The second-order valence-corrected chi connectivity index (χ2v) is 4.53. The Morgan fingerprint density at radius 3 is 2.88 bits per heavy atom. The Balaban J connectivity index is 2.27. The van der Waals surface area contributed by atoms with Crippen molar-refractivity contribution in [3.05, 3.63) is 34.7 Å². The third-order valence-corrected chi connectivity index (χ3v) is 3.09. The Bertz CT molecular complexity index is 501. The van der Waals surface area contributed by atoms with E-state index in [9.17, 15) is 5.11 Å². The molecule has 16 heavy (non-hydrogen) atoms. The molecule has 0 aliphatic heterocycles. The molecule has 84 valence electrons. The van der Waals surface area contributed by atoms with Gasteiger partial charge in [-0.1, -0.05) is 11.6 Å². The third kappa shape index (κ3) is 2.55. The molecule has 0 radical (unpaired) electrons. The van der Waals surface area contributed by atoms with E-state index in [1.54, 1.807) is 19.1 Å². The Kier molecular flexibility index (Phi) is 3.48. The van der Waals surface area contributed by atoms with E-state index in [1.165, 1.54) is 11.8 Å². The van der Waals surface area contributed by atoms with Gasteiger partial charge in [0.15, 0.2) is 0 Å². The molecule has 0 amide bonds. The summed E-state index contributed by atoms with van der Waals surface area (Å²) in [5.74, 6) is 0.516. The van der Waals surface area contributed by atoms with E-state index in [-0.39, 0.29) is 6.61 Å². The van der Waals surface area contributed by atoms with Gasteiger partial charge >= 0.3 is 0 Å². The van der Waals surface area contributed by atoms with Gasteiger partial charge in [0.2, 0.25) is 5.89 Å². The summed E-state index contributed by atoms with van der Waals surface area (Å²) in [4.78, 5) is 0.857. The topological polar surface area (TPSA) is 59.2 Å². The van der Waals surface area contributed by atoms with Crippen LogP contribution in [0.4, 0.5) is 0 Å². The largest absolute Gasteiger partial charge is 0.416 e. The Morgan fingerprint density at radius 2 is 2.25 bits per heavy atom. The standard InChI is InChI=1S/C10H9ClN2O2S/c1-6-12-13-10(15-6)16-9-3-2-8(11)4-7(9)5-14/h2-4,14H,5H2,1H3. The number of halogens is 1. The minimum atomic E-state index is -0.0734. The summed E-state index contributed by atoms with van der Waals surface area (Å²) in [5, 5.41) is 17.8. The minimum Gasteiger partial charge on any atom is -0.416 e. The first-order valence-corrected chi connectivity index (χ1v) is 5.75. The fourth-order valence-electron chi connectivity index (χ4n) is 1.18. The Labute approximate surface area is 102 Å². The Hall–Kier alpha value is -1.04. The van der Waals surface area contributed by atoms with E-state index in [0.717, 1.165) is 10.5 Å². The number of aliphatic hydroxyl groups is 1. The van der Waals surface area contributed by atoms with Crippen LogP contribution in [0.25, 0.3) is 0 Å². The van der Waals surface area contributed by atoms with E-state index in [4.69, 9.17) is 16.0 Å². The van der Waals surface area contributed by atoms with E-state index in [1.807, 2.05) is 6.07 Å². The minimum absolute atomic E-state index is 0.0734. The second-order valence-electron chi connectivity index (χ2n) is 3.10. The number of nitrogens with zero attached hydrogens (tertiary/aromatic N) is 2. The van der Waals surface area contributed by atoms with Gasteiger partial charge in [-0.05, 0) is 35.5 Å². The summed E-state index contributed by atoms with van der Waals surface area (Å²) >= 11 is 7.14. The molecule has 1 heterocycles. The first-order valence-electron chi connectivity index (χ1n) is 4.56. The van der Waals surface area contributed by atoms with Crippen molar-refractivity contribution in [1.82, 2.24) is 10.2 Å². The lowest BCUT2D eigenvalue weighted by atomic mass is 10.2. The molecule has 0 saturated carbocycles. The molecule has 0 aliphatic rings. The van der Waals surface area contributed by atoms with Gasteiger partial charge in [-0.2, -0.15) is 0 Å². The number of aromatic nitrogens is 2.